The van der Waals surface area contributed by atoms with Crippen LogP contribution in [0.2, 0.25) is 5.02 Å². The average molecular weight is 236 g/mol. The lowest BCUT2D eigenvalue weighted by Crippen LogP contribution is -2.43. The van der Waals surface area contributed by atoms with Crippen LogP contribution in [0.5, 0.6) is 0 Å². The number of aromatic nitrogens is 1. The lowest BCUT2D eigenvalue weighted by molar-refractivity contribution is 0.590. The molecule has 1 fully saturated rings. The summed E-state index contributed by atoms with van der Waals surface area (Å²) in [5.41, 5.74) is 2.41. The van der Waals surface area contributed by atoms with Gasteiger partial charge in [0.2, 0.25) is 0 Å². The van der Waals surface area contributed by atoms with Gasteiger partial charge < -0.3 is 15.2 Å². The van der Waals surface area contributed by atoms with E-state index in [1.807, 2.05) is 18.2 Å². The number of fused-ring (bicyclic) bond motifs is 1. The average Bonchev–Trinajstić information content (AvgIpc) is 2.73. The van der Waals surface area contributed by atoms with Crippen LogP contribution >= 0.6 is 11.6 Å². The van der Waals surface area contributed by atoms with Gasteiger partial charge in [-0.1, -0.05) is 11.6 Å². The molecule has 2 N–H and O–H groups in total. The first-order valence-electron chi connectivity index (χ1n) is 5.57. The van der Waals surface area contributed by atoms with Gasteiger partial charge in [-0.25, -0.2) is 0 Å². The van der Waals surface area contributed by atoms with Crippen molar-refractivity contribution in [2.24, 2.45) is 0 Å². The number of aromatic amines is 1. The predicted octanol–water partition coefficient (Wildman–Crippen LogP) is 2.23. The van der Waals surface area contributed by atoms with Gasteiger partial charge in [0.25, 0.3) is 0 Å². The number of hydrogen-bond acceptors (Lipinski definition) is 2. The molecule has 2 heterocycles. The van der Waals surface area contributed by atoms with Gasteiger partial charge in [-0.2, -0.15) is 0 Å². The molecular weight excluding hydrogens is 222 g/mol. The van der Waals surface area contributed by atoms with Gasteiger partial charge in [0, 0.05) is 48.3 Å². The van der Waals surface area contributed by atoms with E-state index in [4.69, 9.17) is 11.6 Å². The quantitative estimate of drug-likeness (QED) is 0.794. The van der Waals surface area contributed by atoms with Crippen molar-refractivity contribution in [3.8, 4) is 0 Å². The summed E-state index contributed by atoms with van der Waals surface area (Å²) in [5, 5.41) is 5.37. The number of nitrogens with zero attached hydrogens (tertiary/aromatic N) is 1. The summed E-state index contributed by atoms with van der Waals surface area (Å²) in [7, 11) is 0. The van der Waals surface area contributed by atoms with Crippen LogP contribution in [0.1, 0.15) is 0 Å². The minimum absolute atomic E-state index is 0.795. The van der Waals surface area contributed by atoms with Crippen LogP contribution < -0.4 is 10.2 Å². The molecule has 1 aliphatic rings. The van der Waals surface area contributed by atoms with Gasteiger partial charge in [0.1, 0.15) is 0 Å². The van der Waals surface area contributed by atoms with Crippen molar-refractivity contribution < 1.29 is 0 Å². The SMILES string of the molecule is Clc1ccc2[nH]cc(N3CCNCC3)c2c1. The number of halogens is 1. The Morgan fingerprint density at radius 1 is 1.19 bits per heavy atom. The van der Waals surface area contributed by atoms with Crippen molar-refractivity contribution in [1.29, 1.82) is 0 Å². The first-order chi connectivity index (χ1) is 7.84. The third-order valence-electron chi connectivity index (χ3n) is 3.08. The molecule has 4 heteroatoms. The highest BCUT2D eigenvalue weighted by Crippen LogP contribution is 2.29. The summed E-state index contributed by atoms with van der Waals surface area (Å²) in [6, 6.07) is 5.98. The smallest absolute Gasteiger partial charge is 0.0625 e. The van der Waals surface area contributed by atoms with E-state index >= 15 is 0 Å². The molecular formula is C12H14ClN3. The second kappa shape index (κ2) is 4.00. The molecule has 0 atom stereocenters. The van der Waals surface area contributed by atoms with Gasteiger partial charge in [0.15, 0.2) is 0 Å². The fourth-order valence-corrected chi connectivity index (χ4v) is 2.42. The molecule has 0 saturated carbocycles. The largest absolute Gasteiger partial charge is 0.367 e. The summed E-state index contributed by atoms with van der Waals surface area (Å²) < 4.78 is 0. The summed E-state index contributed by atoms with van der Waals surface area (Å²) in [6.45, 7) is 4.21. The molecule has 16 heavy (non-hydrogen) atoms. The number of hydrogen-bond donors (Lipinski definition) is 2. The standard InChI is InChI=1S/C12H14ClN3/c13-9-1-2-11-10(7-9)12(8-15-11)16-5-3-14-4-6-16/h1-2,7-8,14-15H,3-6H2. The number of piperazine rings is 1. The molecule has 0 bridgehead atoms. The Labute approximate surface area is 99.4 Å². The van der Waals surface area contributed by atoms with E-state index in [0.29, 0.717) is 0 Å². The summed E-state index contributed by atoms with van der Waals surface area (Å²) >= 11 is 6.04. The maximum atomic E-state index is 6.04. The molecule has 2 aromatic rings. The van der Waals surface area contributed by atoms with Gasteiger partial charge in [0.05, 0.1) is 5.69 Å². The number of nitrogens with one attached hydrogen (secondary N) is 2. The van der Waals surface area contributed by atoms with Crippen LogP contribution in [0.15, 0.2) is 24.4 Å². The van der Waals surface area contributed by atoms with E-state index in [0.717, 1.165) is 36.7 Å². The lowest BCUT2D eigenvalue weighted by Gasteiger charge is -2.28. The molecule has 1 aliphatic heterocycles. The van der Waals surface area contributed by atoms with Crippen molar-refractivity contribution in [2.75, 3.05) is 31.1 Å². The Morgan fingerprint density at radius 2 is 2.00 bits per heavy atom. The molecule has 84 valence electrons. The monoisotopic (exact) mass is 235 g/mol. The molecule has 0 aliphatic carbocycles. The van der Waals surface area contributed by atoms with E-state index in [9.17, 15) is 0 Å². The zero-order valence-electron chi connectivity index (χ0n) is 8.96. The molecule has 0 radical (unpaired) electrons. The second-order valence-corrected chi connectivity index (χ2v) is 4.54. The highest BCUT2D eigenvalue weighted by Gasteiger charge is 2.14. The molecule has 1 aromatic heterocycles. The van der Waals surface area contributed by atoms with Crippen LogP contribution in [-0.4, -0.2) is 31.2 Å². The number of anilines is 1. The number of rotatable bonds is 1. The zero-order valence-corrected chi connectivity index (χ0v) is 9.72. The van der Waals surface area contributed by atoms with E-state index in [1.54, 1.807) is 0 Å². The van der Waals surface area contributed by atoms with Crippen molar-refractivity contribution in [2.45, 2.75) is 0 Å². The van der Waals surface area contributed by atoms with Crippen molar-refractivity contribution in [1.82, 2.24) is 10.3 Å². The lowest BCUT2D eigenvalue weighted by atomic mass is 10.2. The van der Waals surface area contributed by atoms with Crippen LogP contribution in [0.4, 0.5) is 5.69 Å². The molecule has 1 saturated heterocycles. The van der Waals surface area contributed by atoms with Crippen molar-refractivity contribution >= 4 is 28.2 Å². The molecule has 0 spiro atoms. The molecule has 3 nitrogen and oxygen atoms in total. The summed E-state index contributed by atoms with van der Waals surface area (Å²) in [4.78, 5) is 5.69. The maximum absolute atomic E-state index is 6.04. The summed E-state index contributed by atoms with van der Waals surface area (Å²) in [5.74, 6) is 0. The Kier molecular flexibility index (Phi) is 2.50. The Hall–Kier alpha value is -1.19. The van der Waals surface area contributed by atoms with E-state index in [-0.39, 0.29) is 0 Å². The molecule has 3 rings (SSSR count). The van der Waals surface area contributed by atoms with E-state index in [2.05, 4.69) is 21.4 Å². The van der Waals surface area contributed by atoms with Crippen molar-refractivity contribution in [3.63, 3.8) is 0 Å². The topological polar surface area (TPSA) is 31.1 Å². The van der Waals surface area contributed by atoms with Gasteiger partial charge in [-0.3, -0.25) is 0 Å². The minimum atomic E-state index is 0.795. The second-order valence-electron chi connectivity index (χ2n) is 4.10. The highest BCUT2D eigenvalue weighted by atomic mass is 35.5. The summed E-state index contributed by atoms with van der Waals surface area (Å²) in [6.07, 6.45) is 2.08. The third kappa shape index (κ3) is 1.66. The minimum Gasteiger partial charge on any atom is -0.367 e. The van der Waals surface area contributed by atoms with Crippen LogP contribution in [0.3, 0.4) is 0 Å². The van der Waals surface area contributed by atoms with Crippen LogP contribution in [0, 0.1) is 0 Å². The fraction of sp³-hybridized carbons (Fsp3) is 0.333. The van der Waals surface area contributed by atoms with E-state index < -0.39 is 0 Å². The van der Waals surface area contributed by atoms with Crippen LogP contribution in [-0.2, 0) is 0 Å². The van der Waals surface area contributed by atoms with E-state index in [1.165, 1.54) is 11.1 Å². The Bertz CT molecular complexity index is 500. The zero-order chi connectivity index (χ0) is 11.0. The molecule has 0 unspecified atom stereocenters. The normalized spacial score (nSPS) is 16.9. The van der Waals surface area contributed by atoms with Gasteiger partial charge in [-0.15, -0.1) is 0 Å². The predicted molar refractivity (Wildman–Crippen MR) is 68.4 cm³/mol. The maximum Gasteiger partial charge on any atom is 0.0625 e. The molecule has 0 amide bonds. The van der Waals surface area contributed by atoms with Gasteiger partial charge in [-0.05, 0) is 18.2 Å². The third-order valence-corrected chi connectivity index (χ3v) is 3.31. The number of benzene rings is 1. The Balaban J connectivity index is 2.05. The fourth-order valence-electron chi connectivity index (χ4n) is 2.25. The highest BCUT2D eigenvalue weighted by molar-refractivity contribution is 6.31. The first kappa shape index (κ1) is 10.00. The van der Waals surface area contributed by atoms with Crippen molar-refractivity contribution in [3.05, 3.63) is 29.4 Å². The van der Waals surface area contributed by atoms with Crippen LogP contribution in [0.25, 0.3) is 10.9 Å². The first-order valence-corrected chi connectivity index (χ1v) is 5.95. The van der Waals surface area contributed by atoms with Gasteiger partial charge >= 0.3 is 0 Å². The molecule has 1 aromatic carbocycles. The number of H-pyrrole nitrogens is 1. The Morgan fingerprint density at radius 3 is 2.81 bits per heavy atom.